The van der Waals surface area contributed by atoms with Crippen LogP contribution in [0.25, 0.3) is 22.0 Å². The molecule has 1 atom stereocenters. The number of ether oxygens (including phenoxy) is 3. The predicted molar refractivity (Wildman–Crippen MR) is 173 cm³/mol. The van der Waals surface area contributed by atoms with Crippen LogP contribution in [-0.2, 0) is 27.0 Å². The maximum atomic E-state index is 13.8. The second-order valence-electron chi connectivity index (χ2n) is 11.4. The molecule has 0 aliphatic heterocycles. The average molecular weight is 682 g/mol. The standard InChI is InChI=1S/C35H34F3N3O8/c1-47-29-15-24-26(35(36,37)38)16-32(43)41(28(24)17-30(29)48-2)18-31(42)39-14-8-7-13-27(33(44)45)40-34(46)49-19-25-22-11-5-3-9-20(22)21-10-4-6-12-23(21)25/h3-6,9-12,15-17,25,27H,7-8,13-14,18-19H2,1-2H3,(H,39,42)(H,40,46)(H,44,45)/t27-/m0/s1. The summed E-state index contributed by atoms with van der Waals surface area (Å²) in [4.78, 5) is 49.9. The van der Waals surface area contributed by atoms with E-state index in [0.717, 1.165) is 32.9 Å². The fourth-order valence-electron chi connectivity index (χ4n) is 6.04. The molecule has 0 saturated carbocycles. The molecule has 258 valence electrons. The monoisotopic (exact) mass is 681 g/mol. The Morgan fingerprint density at radius 3 is 2.12 bits per heavy atom. The van der Waals surface area contributed by atoms with E-state index in [9.17, 15) is 37.5 Å². The maximum Gasteiger partial charge on any atom is 0.417 e. The van der Waals surface area contributed by atoms with E-state index in [1.807, 2.05) is 48.5 Å². The molecule has 0 fully saturated rings. The molecule has 3 aromatic carbocycles. The number of nitrogens with one attached hydrogen (secondary N) is 2. The van der Waals surface area contributed by atoms with Gasteiger partial charge in [0.15, 0.2) is 11.5 Å². The van der Waals surface area contributed by atoms with Crippen LogP contribution in [0, 0.1) is 0 Å². The van der Waals surface area contributed by atoms with Gasteiger partial charge in [-0.15, -0.1) is 0 Å². The molecule has 2 amide bonds. The van der Waals surface area contributed by atoms with Gasteiger partial charge in [-0.25, -0.2) is 9.59 Å². The van der Waals surface area contributed by atoms with Gasteiger partial charge in [0.05, 0.1) is 25.3 Å². The molecule has 3 N–H and O–H groups in total. The Kier molecular flexibility index (Phi) is 10.4. The Hall–Kier alpha value is -5.53. The summed E-state index contributed by atoms with van der Waals surface area (Å²) in [5.74, 6) is -2.00. The highest BCUT2D eigenvalue weighted by atomic mass is 19.4. The van der Waals surface area contributed by atoms with Crippen molar-refractivity contribution in [2.75, 3.05) is 27.4 Å². The lowest BCUT2D eigenvalue weighted by molar-refractivity contribution is -0.139. The summed E-state index contributed by atoms with van der Waals surface area (Å²) in [5, 5.41) is 14.3. The molecule has 0 bridgehead atoms. The van der Waals surface area contributed by atoms with Crippen molar-refractivity contribution in [2.24, 2.45) is 0 Å². The Morgan fingerprint density at radius 2 is 1.53 bits per heavy atom. The predicted octanol–water partition coefficient (Wildman–Crippen LogP) is 5.32. The lowest BCUT2D eigenvalue weighted by Gasteiger charge is -2.18. The molecular formula is C35H34F3N3O8. The van der Waals surface area contributed by atoms with E-state index in [1.54, 1.807) is 0 Å². The van der Waals surface area contributed by atoms with Crippen LogP contribution in [0.15, 0.2) is 71.5 Å². The van der Waals surface area contributed by atoms with E-state index in [1.165, 1.54) is 20.3 Å². The lowest BCUT2D eigenvalue weighted by atomic mass is 9.98. The summed E-state index contributed by atoms with van der Waals surface area (Å²) in [6.07, 6.45) is -5.06. The number of aliphatic carboxylic acids is 1. The Morgan fingerprint density at radius 1 is 0.918 bits per heavy atom. The highest BCUT2D eigenvalue weighted by Crippen LogP contribution is 2.44. The van der Waals surface area contributed by atoms with Crippen LogP contribution in [0.2, 0.25) is 0 Å². The van der Waals surface area contributed by atoms with Gasteiger partial charge in [-0.3, -0.25) is 14.2 Å². The SMILES string of the molecule is COc1cc2c(C(F)(F)F)cc(=O)n(CC(=O)NCCCC[C@H](NC(=O)OCC3c4ccccc4-c4ccccc43)C(=O)O)c2cc1OC. The molecular weight excluding hydrogens is 647 g/mol. The molecule has 0 saturated heterocycles. The molecule has 1 aliphatic rings. The lowest BCUT2D eigenvalue weighted by Crippen LogP contribution is -2.41. The third kappa shape index (κ3) is 7.63. The zero-order chi connectivity index (χ0) is 35.3. The van der Waals surface area contributed by atoms with Crippen LogP contribution in [0.4, 0.5) is 18.0 Å². The summed E-state index contributed by atoms with van der Waals surface area (Å²) in [6, 6.07) is 17.1. The smallest absolute Gasteiger partial charge is 0.417 e. The number of halogens is 3. The van der Waals surface area contributed by atoms with E-state index in [4.69, 9.17) is 14.2 Å². The zero-order valence-electron chi connectivity index (χ0n) is 26.6. The van der Waals surface area contributed by atoms with Crippen molar-refractivity contribution in [3.8, 4) is 22.6 Å². The molecule has 1 aromatic heterocycles. The second kappa shape index (κ2) is 14.7. The number of amides is 2. The van der Waals surface area contributed by atoms with Gasteiger partial charge in [-0.05, 0) is 47.6 Å². The van der Waals surface area contributed by atoms with E-state index in [-0.39, 0.29) is 47.9 Å². The number of nitrogens with zero attached hydrogens (tertiary/aromatic N) is 1. The molecule has 0 unspecified atom stereocenters. The minimum absolute atomic E-state index is 0.0166. The van der Waals surface area contributed by atoms with Crippen molar-refractivity contribution in [1.82, 2.24) is 15.2 Å². The number of fused-ring (bicyclic) bond motifs is 4. The van der Waals surface area contributed by atoms with Crippen LogP contribution in [0.1, 0.15) is 41.9 Å². The molecule has 0 radical (unpaired) electrons. The molecule has 1 aliphatic carbocycles. The van der Waals surface area contributed by atoms with Crippen LogP contribution < -0.4 is 25.7 Å². The number of carbonyl (C=O) groups excluding carboxylic acids is 2. The first-order valence-corrected chi connectivity index (χ1v) is 15.4. The maximum absolute atomic E-state index is 13.8. The van der Waals surface area contributed by atoms with Crippen molar-refractivity contribution in [2.45, 2.75) is 43.9 Å². The number of hydrogen-bond donors (Lipinski definition) is 3. The zero-order valence-corrected chi connectivity index (χ0v) is 26.6. The number of rotatable bonds is 13. The number of carbonyl (C=O) groups is 3. The first kappa shape index (κ1) is 34.8. The van der Waals surface area contributed by atoms with Gasteiger partial charge in [-0.1, -0.05) is 48.5 Å². The van der Waals surface area contributed by atoms with Gasteiger partial charge in [0.25, 0.3) is 5.56 Å². The normalized spacial score (nSPS) is 12.9. The molecule has 49 heavy (non-hydrogen) atoms. The highest BCUT2D eigenvalue weighted by molar-refractivity contribution is 5.88. The number of alkyl carbamates (subject to hydrolysis) is 1. The Bertz CT molecular complexity index is 1900. The van der Waals surface area contributed by atoms with Gasteiger partial charge in [0.2, 0.25) is 5.91 Å². The average Bonchev–Trinajstić information content (AvgIpc) is 3.40. The molecule has 14 heteroatoms. The van der Waals surface area contributed by atoms with Crippen molar-refractivity contribution in [3.63, 3.8) is 0 Å². The van der Waals surface area contributed by atoms with Crippen LogP contribution >= 0.6 is 0 Å². The number of carboxylic acids is 1. The Labute approximate surface area is 278 Å². The number of unbranched alkanes of at least 4 members (excludes halogenated alkanes) is 1. The van der Waals surface area contributed by atoms with Gasteiger partial charge in [0, 0.05) is 30.0 Å². The van der Waals surface area contributed by atoms with Crippen molar-refractivity contribution in [1.29, 1.82) is 0 Å². The second-order valence-corrected chi connectivity index (χ2v) is 11.4. The number of pyridine rings is 1. The number of methoxy groups -OCH3 is 2. The first-order valence-electron chi connectivity index (χ1n) is 15.4. The van der Waals surface area contributed by atoms with Gasteiger partial charge >= 0.3 is 18.2 Å². The quantitative estimate of drug-likeness (QED) is 0.161. The molecule has 0 spiro atoms. The minimum atomic E-state index is -4.84. The van der Waals surface area contributed by atoms with Crippen LogP contribution in [0.5, 0.6) is 11.5 Å². The largest absolute Gasteiger partial charge is 0.493 e. The van der Waals surface area contributed by atoms with E-state index < -0.39 is 47.9 Å². The van der Waals surface area contributed by atoms with Gasteiger partial charge in [-0.2, -0.15) is 13.2 Å². The first-order chi connectivity index (χ1) is 23.4. The summed E-state index contributed by atoms with van der Waals surface area (Å²) in [6.45, 7) is -0.472. The van der Waals surface area contributed by atoms with Crippen molar-refractivity contribution in [3.05, 3.63) is 93.8 Å². The van der Waals surface area contributed by atoms with Crippen molar-refractivity contribution >= 4 is 28.9 Å². The molecule has 5 rings (SSSR count). The fourth-order valence-corrected chi connectivity index (χ4v) is 6.04. The van der Waals surface area contributed by atoms with Gasteiger partial charge < -0.3 is 30.0 Å². The summed E-state index contributed by atoms with van der Waals surface area (Å²) in [7, 11) is 2.55. The number of aromatic nitrogens is 1. The summed E-state index contributed by atoms with van der Waals surface area (Å²) in [5.41, 5.74) is 1.77. The highest BCUT2D eigenvalue weighted by Gasteiger charge is 2.35. The minimum Gasteiger partial charge on any atom is -0.493 e. The number of alkyl halides is 3. The fraction of sp³-hybridized carbons (Fsp3) is 0.314. The molecule has 1 heterocycles. The Balaban J connectivity index is 1.14. The molecule has 4 aromatic rings. The third-order valence-electron chi connectivity index (χ3n) is 8.40. The number of benzene rings is 3. The van der Waals surface area contributed by atoms with E-state index in [0.29, 0.717) is 18.9 Å². The number of hydrogen-bond acceptors (Lipinski definition) is 7. The third-order valence-corrected chi connectivity index (χ3v) is 8.40. The molecule has 11 nitrogen and oxygen atoms in total. The van der Waals surface area contributed by atoms with E-state index in [2.05, 4.69) is 10.6 Å². The van der Waals surface area contributed by atoms with Crippen LogP contribution in [-0.4, -0.2) is 61.1 Å². The van der Waals surface area contributed by atoms with Crippen LogP contribution in [0.3, 0.4) is 0 Å². The summed E-state index contributed by atoms with van der Waals surface area (Å²) < 4.78 is 57.9. The van der Waals surface area contributed by atoms with Gasteiger partial charge in [0.1, 0.15) is 19.2 Å². The van der Waals surface area contributed by atoms with E-state index >= 15 is 0 Å². The topological polar surface area (TPSA) is 145 Å². The summed E-state index contributed by atoms with van der Waals surface area (Å²) >= 11 is 0. The number of carboxylic acid groups (broad SMARTS) is 1. The van der Waals surface area contributed by atoms with Crippen molar-refractivity contribution < 1.29 is 46.9 Å².